The van der Waals surface area contributed by atoms with Crippen LogP contribution in [0.15, 0.2) is 0 Å². The number of hydrogen-bond acceptors (Lipinski definition) is 4. The zero-order valence-corrected chi connectivity index (χ0v) is 9.02. The summed E-state index contributed by atoms with van der Waals surface area (Å²) < 4.78 is 9.50. The number of rotatable bonds is 9. The normalized spacial score (nSPS) is 13.1. The first kappa shape index (κ1) is 13.3. The molecule has 0 fully saturated rings. The Labute approximate surface area is 86.4 Å². The second-order valence-corrected chi connectivity index (χ2v) is 4.02. The summed E-state index contributed by atoms with van der Waals surface area (Å²) in [6, 6.07) is 0. The van der Waals surface area contributed by atoms with Gasteiger partial charge in [0.05, 0.1) is 7.11 Å². The average molecular weight is 203 g/mol. The minimum Gasteiger partial charge on any atom is -0.448 e. The standard InChI is InChI=1S/C8H18BNO2S/c1-11-13-8(5-6-10)4-2-3-7-12-9/h8H,2-7,10H2,1H3. The molecule has 2 radical (unpaired) electrons. The van der Waals surface area contributed by atoms with Crippen LogP contribution in [0, 0.1) is 0 Å². The van der Waals surface area contributed by atoms with Crippen LogP contribution < -0.4 is 5.73 Å². The molecule has 0 saturated carbocycles. The van der Waals surface area contributed by atoms with Crippen molar-refractivity contribution in [2.24, 2.45) is 5.73 Å². The molecule has 76 valence electrons. The molecule has 0 aliphatic carbocycles. The molecule has 0 aromatic carbocycles. The van der Waals surface area contributed by atoms with Gasteiger partial charge >= 0.3 is 0 Å². The molecule has 13 heavy (non-hydrogen) atoms. The van der Waals surface area contributed by atoms with Gasteiger partial charge in [0.15, 0.2) is 0 Å². The predicted molar refractivity (Wildman–Crippen MR) is 57.6 cm³/mol. The van der Waals surface area contributed by atoms with Crippen molar-refractivity contribution in [3.63, 3.8) is 0 Å². The molecular formula is C8H18BNO2S. The smallest absolute Gasteiger partial charge is 0.282 e. The highest BCUT2D eigenvalue weighted by Gasteiger charge is 2.07. The van der Waals surface area contributed by atoms with Gasteiger partial charge in [-0.05, 0) is 37.8 Å². The molecule has 5 heteroatoms. The Bertz CT molecular complexity index is 102. The number of hydrogen-bond donors (Lipinski definition) is 1. The molecule has 0 aliphatic rings. The van der Waals surface area contributed by atoms with E-state index < -0.39 is 0 Å². The maximum Gasteiger partial charge on any atom is 0.282 e. The first-order chi connectivity index (χ1) is 6.35. The van der Waals surface area contributed by atoms with Crippen molar-refractivity contribution >= 4 is 20.1 Å². The fourth-order valence-corrected chi connectivity index (χ4v) is 1.89. The largest absolute Gasteiger partial charge is 0.448 e. The monoisotopic (exact) mass is 203 g/mol. The first-order valence-corrected chi connectivity index (χ1v) is 5.36. The fraction of sp³-hybridized carbons (Fsp3) is 1.00. The van der Waals surface area contributed by atoms with Crippen LogP contribution in [0.3, 0.4) is 0 Å². The summed E-state index contributed by atoms with van der Waals surface area (Å²) in [7, 11) is 6.60. The van der Waals surface area contributed by atoms with Gasteiger partial charge in [0.2, 0.25) is 0 Å². The van der Waals surface area contributed by atoms with Gasteiger partial charge in [-0.25, -0.2) is 0 Å². The van der Waals surface area contributed by atoms with Gasteiger partial charge in [0.1, 0.15) is 0 Å². The van der Waals surface area contributed by atoms with Crippen LogP contribution in [0.1, 0.15) is 25.7 Å². The molecule has 1 atom stereocenters. The molecule has 0 saturated heterocycles. The van der Waals surface area contributed by atoms with E-state index in [2.05, 4.69) is 4.65 Å². The summed E-state index contributed by atoms with van der Waals surface area (Å²) in [4.78, 5) is 0. The van der Waals surface area contributed by atoms with E-state index >= 15 is 0 Å². The van der Waals surface area contributed by atoms with E-state index in [1.165, 1.54) is 12.0 Å². The van der Waals surface area contributed by atoms with Crippen LogP contribution >= 0.6 is 12.0 Å². The van der Waals surface area contributed by atoms with Crippen molar-refractivity contribution in [1.82, 2.24) is 0 Å². The van der Waals surface area contributed by atoms with E-state index in [0.717, 1.165) is 25.7 Å². The summed E-state index contributed by atoms with van der Waals surface area (Å²) in [6.45, 7) is 1.35. The van der Waals surface area contributed by atoms with Crippen LogP contribution in [-0.2, 0) is 8.84 Å². The minimum atomic E-state index is 0.507. The van der Waals surface area contributed by atoms with Gasteiger partial charge in [-0.2, -0.15) is 0 Å². The Morgan fingerprint density at radius 2 is 2.15 bits per heavy atom. The summed E-state index contributed by atoms with van der Waals surface area (Å²) in [6.07, 6.45) is 4.22. The molecule has 0 amide bonds. The zero-order valence-electron chi connectivity index (χ0n) is 8.20. The molecule has 0 aliphatic heterocycles. The van der Waals surface area contributed by atoms with E-state index in [1.54, 1.807) is 7.11 Å². The third kappa shape index (κ3) is 8.62. The maximum absolute atomic E-state index is 5.48. The Morgan fingerprint density at radius 1 is 1.38 bits per heavy atom. The Morgan fingerprint density at radius 3 is 2.69 bits per heavy atom. The van der Waals surface area contributed by atoms with E-state index in [4.69, 9.17) is 18.0 Å². The molecule has 0 bridgehead atoms. The zero-order chi connectivity index (χ0) is 9.94. The Hall–Kier alpha value is 0.295. The second kappa shape index (κ2) is 10.4. The van der Waals surface area contributed by atoms with Crippen molar-refractivity contribution in [3.8, 4) is 0 Å². The van der Waals surface area contributed by atoms with Gasteiger partial charge < -0.3 is 14.6 Å². The highest BCUT2D eigenvalue weighted by Crippen LogP contribution is 2.20. The predicted octanol–water partition coefficient (Wildman–Crippen LogP) is 1.27. The van der Waals surface area contributed by atoms with E-state index in [1.807, 2.05) is 0 Å². The second-order valence-electron chi connectivity index (χ2n) is 2.83. The van der Waals surface area contributed by atoms with Crippen LogP contribution in [0.2, 0.25) is 0 Å². The lowest BCUT2D eigenvalue weighted by atomic mass is 10.1. The van der Waals surface area contributed by atoms with E-state index in [0.29, 0.717) is 18.4 Å². The molecule has 0 heterocycles. The van der Waals surface area contributed by atoms with Crippen LogP contribution in [0.25, 0.3) is 0 Å². The highest BCUT2D eigenvalue weighted by atomic mass is 32.2. The van der Waals surface area contributed by atoms with Crippen LogP contribution in [0.5, 0.6) is 0 Å². The average Bonchev–Trinajstić information content (AvgIpc) is 2.13. The van der Waals surface area contributed by atoms with Gasteiger partial charge in [-0.15, -0.1) is 0 Å². The van der Waals surface area contributed by atoms with Crippen LogP contribution in [0.4, 0.5) is 0 Å². The first-order valence-electron chi connectivity index (χ1n) is 4.56. The molecule has 1 unspecified atom stereocenters. The van der Waals surface area contributed by atoms with Crippen molar-refractivity contribution in [1.29, 1.82) is 0 Å². The van der Waals surface area contributed by atoms with E-state index in [9.17, 15) is 0 Å². The molecule has 2 N–H and O–H groups in total. The van der Waals surface area contributed by atoms with Crippen molar-refractivity contribution in [3.05, 3.63) is 0 Å². The fourth-order valence-electron chi connectivity index (χ4n) is 1.12. The summed E-state index contributed by atoms with van der Waals surface area (Å²) in [5.74, 6) is 0. The maximum atomic E-state index is 5.48. The summed E-state index contributed by atoms with van der Waals surface area (Å²) in [5.41, 5.74) is 5.48. The Kier molecular flexibility index (Phi) is 10.6. The molecule has 0 aromatic rings. The highest BCUT2D eigenvalue weighted by molar-refractivity contribution is 7.95. The minimum absolute atomic E-state index is 0.507. The molecule has 3 nitrogen and oxygen atoms in total. The van der Waals surface area contributed by atoms with Crippen molar-refractivity contribution < 1.29 is 8.84 Å². The van der Waals surface area contributed by atoms with E-state index in [-0.39, 0.29) is 0 Å². The third-order valence-corrected chi connectivity index (χ3v) is 2.70. The quantitative estimate of drug-likeness (QED) is 0.348. The number of unbranched alkanes of at least 4 members (excludes halogenated alkanes) is 1. The topological polar surface area (TPSA) is 44.5 Å². The van der Waals surface area contributed by atoms with Gasteiger partial charge in [-0.3, -0.25) is 0 Å². The molecule has 0 rings (SSSR count). The summed E-state index contributed by atoms with van der Waals surface area (Å²) >= 11 is 1.51. The number of nitrogens with two attached hydrogens (primary N) is 1. The lowest BCUT2D eigenvalue weighted by Gasteiger charge is -2.12. The van der Waals surface area contributed by atoms with Crippen molar-refractivity contribution in [2.45, 2.75) is 30.9 Å². The van der Waals surface area contributed by atoms with Gasteiger partial charge in [0.25, 0.3) is 8.05 Å². The lowest BCUT2D eigenvalue weighted by molar-refractivity contribution is 0.333. The third-order valence-electron chi connectivity index (χ3n) is 1.76. The SMILES string of the molecule is [B]OCCCCC(CCN)SOC. The molecule has 0 aromatic heterocycles. The molecule has 0 spiro atoms. The van der Waals surface area contributed by atoms with Crippen LogP contribution in [-0.4, -0.2) is 33.6 Å². The van der Waals surface area contributed by atoms with Gasteiger partial charge in [-0.1, -0.05) is 6.42 Å². The summed E-state index contributed by atoms with van der Waals surface area (Å²) in [5, 5.41) is 0.507. The van der Waals surface area contributed by atoms with Gasteiger partial charge in [0, 0.05) is 11.9 Å². The molecular weight excluding hydrogens is 185 g/mol. The van der Waals surface area contributed by atoms with Crippen molar-refractivity contribution in [2.75, 3.05) is 20.3 Å². The Balaban J connectivity index is 3.33. The lowest BCUT2D eigenvalue weighted by Crippen LogP contribution is -2.11.